The Morgan fingerprint density at radius 3 is 2.33 bits per heavy atom. The average Bonchev–Trinajstić information content (AvgIpc) is 2.67. The van der Waals surface area contributed by atoms with Gasteiger partial charge in [-0.3, -0.25) is 4.72 Å². The second-order valence-electron chi connectivity index (χ2n) is 6.02. The van der Waals surface area contributed by atoms with Crippen LogP contribution in [0.15, 0.2) is 58.3 Å². The third kappa shape index (κ3) is 3.86. The van der Waals surface area contributed by atoms with Crippen LogP contribution in [0.4, 0.5) is 9.57 Å². The van der Waals surface area contributed by atoms with Gasteiger partial charge >= 0.3 is 16.2 Å². The molecule has 0 atom stereocenters. The van der Waals surface area contributed by atoms with Crippen LogP contribution < -0.4 is 9.46 Å². The Morgan fingerprint density at radius 1 is 1.03 bits per heavy atom. The first-order valence-corrected chi connectivity index (χ1v) is 11.0. The lowest BCUT2D eigenvalue weighted by atomic mass is 10.0. The standard InChI is InChI=1S/C18H14FNO8S2/c1-28-15-8-5-10(29(19,24)25)9-16(15)30(26,27)20-14-4-2-3-12-11(14)6-7-13(17(12)21)18(22)23/h2-9,20-21H,1H3,(H,22,23). The summed E-state index contributed by atoms with van der Waals surface area (Å²) in [5.41, 5.74) is -0.402. The summed E-state index contributed by atoms with van der Waals surface area (Å²) in [6.07, 6.45) is 0. The Balaban J connectivity index is 2.16. The lowest BCUT2D eigenvalue weighted by molar-refractivity contribution is 0.0694. The lowest BCUT2D eigenvalue weighted by Gasteiger charge is -2.14. The van der Waals surface area contributed by atoms with Crippen LogP contribution in [0.25, 0.3) is 10.8 Å². The van der Waals surface area contributed by atoms with E-state index in [1.165, 1.54) is 24.3 Å². The van der Waals surface area contributed by atoms with Gasteiger partial charge in [-0.05, 0) is 30.3 Å². The predicted octanol–water partition coefficient (Wildman–Crippen LogP) is 2.71. The largest absolute Gasteiger partial charge is 0.506 e. The maximum atomic E-state index is 13.3. The number of aromatic carboxylic acids is 1. The molecule has 0 unspecified atom stereocenters. The Morgan fingerprint density at radius 2 is 1.73 bits per heavy atom. The molecule has 0 fully saturated rings. The number of hydrogen-bond acceptors (Lipinski definition) is 7. The second-order valence-corrected chi connectivity index (χ2v) is 9.02. The van der Waals surface area contributed by atoms with E-state index in [1.54, 1.807) is 0 Å². The maximum absolute atomic E-state index is 13.3. The van der Waals surface area contributed by atoms with Crippen LogP contribution in [0.2, 0.25) is 0 Å². The van der Waals surface area contributed by atoms with E-state index in [9.17, 15) is 30.6 Å². The van der Waals surface area contributed by atoms with Crippen molar-refractivity contribution in [2.24, 2.45) is 0 Å². The molecule has 0 radical (unpaired) electrons. The number of phenols is 1. The zero-order valence-corrected chi connectivity index (χ0v) is 16.8. The van der Waals surface area contributed by atoms with Gasteiger partial charge in [0.15, 0.2) is 0 Å². The minimum Gasteiger partial charge on any atom is -0.506 e. The molecule has 3 aromatic carbocycles. The van der Waals surface area contributed by atoms with E-state index in [1.807, 2.05) is 0 Å². The van der Waals surface area contributed by atoms with E-state index in [2.05, 4.69) is 4.72 Å². The van der Waals surface area contributed by atoms with Crippen molar-refractivity contribution in [2.75, 3.05) is 11.8 Å². The summed E-state index contributed by atoms with van der Waals surface area (Å²) < 4.78 is 68.7. The smallest absolute Gasteiger partial charge is 0.339 e. The highest BCUT2D eigenvalue weighted by molar-refractivity contribution is 7.93. The molecule has 9 nitrogen and oxygen atoms in total. The Hall–Kier alpha value is -3.38. The number of carboxylic acid groups (broad SMARTS) is 1. The fraction of sp³-hybridized carbons (Fsp3) is 0.0556. The van der Waals surface area contributed by atoms with Crippen LogP contribution in [-0.2, 0) is 20.2 Å². The number of fused-ring (bicyclic) bond motifs is 1. The van der Waals surface area contributed by atoms with Gasteiger partial charge in [-0.1, -0.05) is 18.2 Å². The van der Waals surface area contributed by atoms with Crippen LogP contribution >= 0.6 is 0 Å². The number of sulfonamides is 1. The van der Waals surface area contributed by atoms with Crippen LogP contribution in [-0.4, -0.2) is 40.1 Å². The molecule has 0 aliphatic carbocycles. The molecule has 0 spiro atoms. The summed E-state index contributed by atoms with van der Waals surface area (Å²) in [5.74, 6) is -2.15. The first-order valence-electron chi connectivity index (χ1n) is 8.09. The van der Waals surface area contributed by atoms with Crippen LogP contribution in [0.5, 0.6) is 11.5 Å². The summed E-state index contributed by atoms with van der Waals surface area (Å²) in [4.78, 5) is 9.68. The number of hydrogen-bond donors (Lipinski definition) is 3. The van der Waals surface area contributed by atoms with E-state index < -0.39 is 41.8 Å². The van der Waals surface area contributed by atoms with Crippen molar-refractivity contribution in [3.05, 3.63) is 54.1 Å². The quantitative estimate of drug-likeness (QED) is 0.481. The van der Waals surface area contributed by atoms with E-state index in [-0.39, 0.29) is 27.8 Å². The molecule has 0 heterocycles. The van der Waals surface area contributed by atoms with Gasteiger partial charge in [0.25, 0.3) is 10.0 Å². The number of aromatic hydroxyl groups is 1. The number of halogens is 1. The number of carboxylic acids is 1. The summed E-state index contributed by atoms with van der Waals surface area (Å²) in [5, 5.41) is 19.5. The number of nitrogens with one attached hydrogen (secondary N) is 1. The molecule has 0 aromatic heterocycles. The third-order valence-electron chi connectivity index (χ3n) is 4.21. The van der Waals surface area contributed by atoms with Crippen LogP contribution in [0.3, 0.4) is 0 Å². The van der Waals surface area contributed by atoms with Crippen molar-refractivity contribution >= 4 is 42.7 Å². The molecule has 30 heavy (non-hydrogen) atoms. The van der Waals surface area contributed by atoms with Gasteiger partial charge in [0.2, 0.25) is 0 Å². The normalized spacial score (nSPS) is 11.9. The number of carbonyl (C=O) groups is 1. The van der Waals surface area contributed by atoms with Gasteiger partial charge in [-0.2, -0.15) is 8.42 Å². The van der Waals surface area contributed by atoms with Crippen molar-refractivity contribution in [2.45, 2.75) is 9.79 Å². The maximum Gasteiger partial charge on any atom is 0.339 e. The fourth-order valence-corrected chi connectivity index (χ4v) is 4.66. The van der Waals surface area contributed by atoms with Gasteiger partial charge in [0.05, 0.1) is 12.8 Å². The number of rotatable bonds is 6. The van der Waals surface area contributed by atoms with Gasteiger partial charge in [0.1, 0.15) is 26.9 Å². The molecule has 12 heteroatoms. The molecule has 0 amide bonds. The zero-order chi connectivity index (χ0) is 22.3. The van der Waals surface area contributed by atoms with Gasteiger partial charge in [0, 0.05) is 10.8 Å². The van der Waals surface area contributed by atoms with Crippen molar-refractivity contribution in [1.29, 1.82) is 0 Å². The van der Waals surface area contributed by atoms with Crippen molar-refractivity contribution in [3.63, 3.8) is 0 Å². The molecular weight excluding hydrogens is 441 g/mol. The number of ether oxygens (including phenoxy) is 1. The van der Waals surface area contributed by atoms with Crippen molar-refractivity contribution in [1.82, 2.24) is 0 Å². The highest BCUT2D eigenvalue weighted by atomic mass is 32.3. The number of benzene rings is 3. The molecule has 0 aliphatic rings. The minimum absolute atomic E-state index is 0.0321. The average molecular weight is 455 g/mol. The van der Waals surface area contributed by atoms with E-state index in [0.29, 0.717) is 6.07 Å². The topological polar surface area (TPSA) is 147 Å². The molecule has 0 bridgehead atoms. The van der Waals surface area contributed by atoms with Gasteiger partial charge in [-0.15, -0.1) is 3.89 Å². The molecule has 0 saturated carbocycles. The third-order valence-corrected chi connectivity index (χ3v) is 6.42. The lowest BCUT2D eigenvalue weighted by Crippen LogP contribution is -2.15. The Labute approximate surface area is 170 Å². The molecule has 0 saturated heterocycles. The van der Waals surface area contributed by atoms with Crippen molar-refractivity contribution < 1.29 is 40.5 Å². The first kappa shape index (κ1) is 21.3. The van der Waals surface area contributed by atoms with Gasteiger partial charge in [-0.25, -0.2) is 13.2 Å². The summed E-state index contributed by atoms with van der Waals surface area (Å²) >= 11 is 0. The molecule has 158 valence electrons. The second kappa shape index (κ2) is 7.46. The predicted molar refractivity (Wildman–Crippen MR) is 105 cm³/mol. The Kier molecular flexibility index (Phi) is 5.31. The van der Waals surface area contributed by atoms with Crippen LogP contribution in [0.1, 0.15) is 10.4 Å². The molecule has 3 N–H and O–H groups in total. The van der Waals surface area contributed by atoms with Gasteiger partial charge < -0.3 is 14.9 Å². The molecule has 3 rings (SSSR count). The Bertz CT molecular complexity index is 1380. The highest BCUT2D eigenvalue weighted by Gasteiger charge is 2.25. The molecule has 0 aliphatic heterocycles. The van der Waals surface area contributed by atoms with E-state index >= 15 is 0 Å². The number of anilines is 1. The van der Waals surface area contributed by atoms with Crippen LogP contribution in [0, 0.1) is 0 Å². The SMILES string of the molecule is COc1ccc(S(=O)(=O)F)cc1S(=O)(=O)Nc1cccc2c(O)c(C(=O)O)ccc12. The van der Waals surface area contributed by atoms with E-state index in [0.717, 1.165) is 25.3 Å². The molecule has 3 aromatic rings. The summed E-state index contributed by atoms with van der Waals surface area (Å²) in [7, 11) is -8.49. The number of methoxy groups -OCH3 is 1. The minimum atomic E-state index is -5.17. The van der Waals surface area contributed by atoms with Crippen molar-refractivity contribution in [3.8, 4) is 11.5 Å². The zero-order valence-electron chi connectivity index (χ0n) is 15.2. The molecular formula is C18H14FNO8S2. The summed E-state index contributed by atoms with van der Waals surface area (Å²) in [6, 6.07) is 9.00. The van der Waals surface area contributed by atoms with E-state index in [4.69, 9.17) is 9.84 Å². The fourth-order valence-electron chi connectivity index (χ4n) is 2.82. The first-order chi connectivity index (χ1) is 14.0. The monoisotopic (exact) mass is 455 g/mol. The highest BCUT2D eigenvalue weighted by Crippen LogP contribution is 2.35. The summed E-state index contributed by atoms with van der Waals surface area (Å²) in [6.45, 7) is 0.